The molecule has 0 fully saturated rings. The highest BCUT2D eigenvalue weighted by molar-refractivity contribution is 14.0. The third-order valence-corrected chi connectivity index (χ3v) is 1.15. The summed E-state index contributed by atoms with van der Waals surface area (Å²) < 4.78 is 0. The first-order valence-corrected chi connectivity index (χ1v) is 3.53. The number of benzene rings is 1. The molecule has 13 heavy (non-hydrogen) atoms. The number of nitrogens with one attached hydrogen (secondary N) is 2. The maximum absolute atomic E-state index is 5.86. The van der Waals surface area contributed by atoms with Crippen molar-refractivity contribution in [2.45, 2.75) is 6.54 Å². The molecule has 0 unspecified atom stereocenters. The summed E-state index contributed by atoms with van der Waals surface area (Å²) >= 11 is 0. The van der Waals surface area contributed by atoms with Gasteiger partial charge in [-0.05, 0) is 5.56 Å². The van der Waals surface area contributed by atoms with Crippen LogP contribution in [0.2, 0.25) is 0 Å². The van der Waals surface area contributed by atoms with Crippen LogP contribution in [0.3, 0.4) is 0 Å². The van der Waals surface area contributed by atoms with Gasteiger partial charge in [0.05, 0.1) is 6.34 Å². The Morgan fingerprint density at radius 1 is 1.31 bits per heavy atom. The molecule has 0 aliphatic rings. The number of hydrogen-bond donors (Lipinski definition) is 4. The van der Waals surface area contributed by atoms with Gasteiger partial charge in [0.15, 0.2) is 0 Å². The van der Waals surface area contributed by atoms with Crippen molar-refractivity contribution < 1.29 is 0 Å². The second-order valence-electron chi connectivity index (χ2n) is 2.03. The van der Waals surface area contributed by atoms with Crippen LogP contribution in [0.5, 0.6) is 0 Å². The molecular formula is C8H15IN4. The molecule has 1 rings (SSSR count). The minimum Gasteiger partial charge on any atom is -0.390 e. The first kappa shape index (κ1) is 14.8. The first-order chi connectivity index (χ1) is 5.85. The van der Waals surface area contributed by atoms with Gasteiger partial charge >= 0.3 is 0 Å². The number of hydrazine groups is 1. The molecule has 5 heteroatoms. The number of nitrogens with two attached hydrogens (primary N) is 2. The maximum atomic E-state index is 5.86. The van der Waals surface area contributed by atoms with Crippen molar-refractivity contribution in [2.24, 2.45) is 11.6 Å². The van der Waals surface area contributed by atoms with Gasteiger partial charge in [0.25, 0.3) is 0 Å². The zero-order valence-electron chi connectivity index (χ0n) is 7.23. The molecule has 1 aromatic carbocycles. The van der Waals surface area contributed by atoms with Gasteiger partial charge in [0, 0.05) is 6.54 Å². The van der Waals surface area contributed by atoms with Crippen molar-refractivity contribution >= 4 is 30.3 Å². The van der Waals surface area contributed by atoms with Crippen LogP contribution in [0.25, 0.3) is 0 Å². The summed E-state index contributed by atoms with van der Waals surface area (Å²) in [7, 11) is 0. The largest absolute Gasteiger partial charge is 0.390 e. The summed E-state index contributed by atoms with van der Waals surface area (Å²) in [6.07, 6.45) is 0.750. The summed E-state index contributed by atoms with van der Waals surface area (Å²) in [5.41, 5.74) is 8.18. The number of rotatable bonds is 2. The quantitative estimate of drug-likeness (QED) is 0.214. The van der Waals surface area contributed by atoms with Gasteiger partial charge in [0.2, 0.25) is 0 Å². The average Bonchev–Trinajstić information content (AvgIpc) is 2.08. The Balaban J connectivity index is 0. The standard InChI is InChI=1S/C7H10N2.CH4N2.HI/c8-9-6-7-4-2-1-3-5-7;2-1-3;/h1-5,9H,6,8H2;1H,(H3,2,3);1H. The van der Waals surface area contributed by atoms with E-state index in [9.17, 15) is 0 Å². The van der Waals surface area contributed by atoms with Gasteiger partial charge in [-0.25, -0.2) is 0 Å². The molecule has 0 spiro atoms. The highest BCUT2D eigenvalue weighted by Gasteiger charge is 1.83. The normalized spacial score (nSPS) is 7.46. The van der Waals surface area contributed by atoms with Crippen LogP contribution in [-0.2, 0) is 6.54 Å². The van der Waals surface area contributed by atoms with E-state index < -0.39 is 0 Å². The SMILES string of the molecule is I.N=CN.NNCc1ccccc1. The molecule has 0 radical (unpaired) electrons. The molecule has 6 N–H and O–H groups in total. The Hall–Kier alpha value is -0.660. The van der Waals surface area contributed by atoms with Crippen LogP contribution < -0.4 is 17.0 Å². The molecule has 0 aromatic heterocycles. The van der Waals surface area contributed by atoms with Gasteiger partial charge in [0.1, 0.15) is 0 Å². The van der Waals surface area contributed by atoms with Gasteiger partial charge in [-0.1, -0.05) is 30.3 Å². The minimum absolute atomic E-state index is 0. The van der Waals surface area contributed by atoms with E-state index in [0.29, 0.717) is 0 Å². The Bertz CT molecular complexity index is 203. The molecule has 74 valence electrons. The summed E-state index contributed by atoms with van der Waals surface area (Å²) in [5.74, 6) is 5.11. The number of halogens is 1. The minimum atomic E-state index is 0. The van der Waals surface area contributed by atoms with E-state index in [2.05, 4.69) is 11.2 Å². The summed E-state index contributed by atoms with van der Waals surface area (Å²) in [6, 6.07) is 10.0. The molecule has 0 saturated heterocycles. The van der Waals surface area contributed by atoms with E-state index in [1.807, 2.05) is 30.3 Å². The molecule has 0 heterocycles. The molecular weight excluding hydrogens is 279 g/mol. The second-order valence-corrected chi connectivity index (χ2v) is 2.03. The molecule has 0 saturated carbocycles. The highest BCUT2D eigenvalue weighted by Crippen LogP contribution is 1.95. The Labute approximate surface area is 95.2 Å². The van der Waals surface area contributed by atoms with Gasteiger partial charge in [-0.2, -0.15) is 0 Å². The van der Waals surface area contributed by atoms with Gasteiger partial charge in [-0.15, -0.1) is 24.0 Å². The van der Waals surface area contributed by atoms with E-state index in [0.717, 1.165) is 12.9 Å². The zero-order valence-corrected chi connectivity index (χ0v) is 9.56. The summed E-state index contributed by atoms with van der Waals surface area (Å²) in [4.78, 5) is 0. The molecule has 0 aliphatic carbocycles. The lowest BCUT2D eigenvalue weighted by Gasteiger charge is -1.95. The highest BCUT2D eigenvalue weighted by atomic mass is 127. The Morgan fingerprint density at radius 2 is 1.77 bits per heavy atom. The predicted molar refractivity (Wildman–Crippen MR) is 65.9 cm³/mol. The fourth-order valence-electron chi connectivity index (χ4n) is 0.714. The lowest BCUT2D eigenvalue weighted by Crippen LogP contribution is -2.20. The van der Waals surface area contributed by atoms with Crippen LogP contribution in [0.4, 0.5) is 0 Å². The third-order valence-electron chi connectivity index (χ3n) is 1.15. The van der Waals surface area contributed by atoms with Crippen molar-refractivity contribution in [3.63, 3.8) is 0 Å². The monoisotopic (exact) mass is 294 g/mol. The van der Waals surface area contributed by atoms with Crippen molar-refractivity contribution in [3.05, 3.63) is 35.9 Å². The lowest BCUT2D eigenvalue weighted by molar-refractivity contribution is 0.741. The van der Waals surface area contributed by atoms with E-state index >= 15 is 0 Å². The van der Waals surface area contributed by atoms with E-state index in [-0.39, 0.29) is 24.0 Å². The van der Waals surface area contributed by atoms with Crippen molar-refractivity contribution in [1.82, 2.24) is 5.43 Å². The van der Waals surface area contributed by atoms with Crippen molar-refractivity contribution in [2.75, 3.05) is 0 Å². The Kier molecular flexibility index (Phi) is 12.9. The summed E-state index contributed by atoms with van der Waals surface area (Å²) in [6.45, 7) is 0.737. The van der Waals surface area contributed by atoms with E-state index in [4.69, 9.17) is 11.3 Å². The van der Waals surface area contributed by atoms with Crippen LogP contribution in [0.15, 0.2) is 30.3 Å². The van der Waals surface area contributed by atoms with E-state index in [1.54, 1.807) is 0 Å². The molecule has 0 amide bonds. The maximum Gasteiger partial charge on any atom is 0.0765 e. The zero-order chi connectivity index (χ0) is 9.23. The lowest BCUT2D eigenvalue weighted by atomic mass is 10.2. The van der Waals surface area contributed by atoms with Crippen molar-refractivity contribution in [3.8, 4) is 0 Å². The van der Waals surface area contributed by atoms with Crippen LogP contribution in [0, 0.1) is 5.41 Å². The van der Waals surface area contributed by atoms with Gasteiger partial charge < -0.3 is 5.73 Å². The molecule has 1 aromatic rings. The summed E-state index contributed by atoms with van der Waals surface area (Å²) in [5, 5.41) is 5.86. The molecule has 0 bridgehead atoms. The Morgan fingerprint density at radius 3 is 2.15 bits per heavy atom. The molecule has 0 atom stereocenters. The number of hydrogen-bond acceptors (Lipinski definition) is 3. The fraction of sp³-hybridized carbons (Fsp3) is 0.125. The topological polar surface area (TPSA) is 87.9 Å². The fourth-order valence-corrected chi connectivity index (χ4v) is 0.714. The molecule has 4 nitrogen and oxygen atoms in total. The third kappa shape index (κ3) is 9.25. The van der Waals surface area contributed by atoms with Crippen LogP contribution in [0.1, 0.15) is 5.56 Å². The van der Waals surface area contributed by atoms with Gasteiger partial charge in [-0.3, -0.25) is 16.7 Å². The van der Waals surface area contributed by atoms with Crippen LogP contribution in [-0.4, -0.2) is 6.34 Å². The second kappa shape index (κ2) is 11.3. The van der Waals surface area contributed by atoms with E-state index in [1.165, 1.54) is 5.56 Å². The van der Waals surface area contributed by atoms with Crippen LogP contribution >= 0.6 is 24.0 Å². The molecule has 0 aliphatic heterocycles. The predicted octanol–water partition coefficient (Wildman–Crippen LogP) is 0.820. The smallest absolute Gasteiger partial charge is 0.0765 e. The van der Waals surface area contributed by atoms with Crippen molar-refractivity contribution in [1.29, 1.82) is 5.41 Å². The first-order valence-electron chi connectivity index (χ1n) is 3.53. The average molecular weight is 294 g/mol.